The lowest BCUT2D eigenvalue weighted by atomic mass is 10.0. The molecule has 7 nitrogen and oxygen atoms in total. The molecule has 0 unspecified atom stereocenters. The summed E-state index contributed by atoms with van der Waals surface area (Å²) in [6.45, 7) is 2.74. The molecule has 1 fully saturated rings. The molecule has 0 aliphatic carbocycles. The number of nitro benzene ring substituents is 1. The van der Waals surface area contributed by atoms with Crippen molar-refractivity contribution in [3.05, 3.63) is 52.2 Å². The molecule has 1 aromatic carbocycles. The van der Waals surface area contributed by atoms with Crippen LogP contribution < -0.4 is 4.90 Å². The minimum absolute atomic E-state index is 0.138. The van der Waals surface area contributed by atoms with Crippen molar-refractivity contribution in [3.8, 4) is 0 Å². The van der Waals surface area contributed by atoms with E-state index in [4.69, 9.17) is 0 Å². The lowest BCUT2D eigenvalue weighted by Gasteiger charge is -2.37. The molecule has 2 aromatic rings. The van der Waals surface area contributed by atoms with E-state index in [2.05, 4.69) is 26.8 Å². The van der Waals surface area contributed by atoms with Crippen molar-refractivity contribution in [1.29, 1.82) is 0 Å². The molecule has 1 aliphatic heterocycles. The predicted octanol–water partition coefficient (Wildman–Crippen LogP) is 3.21. The van der Waals surface area contributed by atoms with Gasteiger partial charge in [0.1, 0.15) is 5.82 Å². The number of non-ortho nitro benzene ring substituents is 1. The zero-order chi connectivity index (χ0) is 18.5. The molecular weight excluding hydrogens is 350 g/mol. The van der Waals surface area contributed by atoms with E-state index in [0.29, 0.717) is 6.04 Å². The number of anilines is 1. The molecule has 26 heavy (non-hydrogen) atoms. The van der Waals surface area contributed by atoms with Crippen LogP contribution in [0.25, 0.3) is 0 Å². The molecule has 0 radical (unpaired) electrons. The van der Waals surface area contributed by atoms with Crippen LogP contribution in [-0.4, -0.2) is 52.2 Å². The lowest BCUT2D eigenvalue weighted by molar-refractivity contribution is -0.384. The van der Waals surface area contributed by atoms with Gasteiger partial charge in [-0.2, -0.15) is 0 Å². The van der Waals surface area contributed by atoms with E-state index in [1.165, 1.54) is 0 Å². The van der Waals surface area contributed by atoms with Gasteiger partial charge < -0.3 is 4.90 Å². The maximum atomic E-state index is 10.7. The predicted molar refractivity (Wildman–Crippen MR) is 104 cm³/mol. The fraction of sp³-hybridized carbons (Fsp3) is 0.444. The zero-order valence-electron chi connectivity index (χ0n) is 15.0. The minimum atomic E-state index is -0.362. The third-order valence-corrected chi connectivity index (χ3v) is 5.35. The second-order valence-corrected chi connectivity index (χ2v) is 7.23. The smallest absolute Gasteiger partial charge is 0.269 e. The van der Waals surface area contributed by atoms with E-state index in [9.17, 15) is 10.1 Å². The van der Waals surface area contributed by atoms with Gasteiger partial charge in [-0.15, -0.1) is 0 Å². The van der Waals surface area contributed by atoms with E-state index >= 15 is 0 Å². The summed E-state index contributed by atoms with van der Waals surface area (Å²) < 4.78 is 0. The van der Waals surface area contributed by atoms with Crippen molar-refractivity contribution in [1.82, 2.24) is 14.9 Å². The normalized spacial score (nSPS) is 15.4. The summed E-state index contributed by atoms with van der Waals surface area (Å²) in [5.41, 5.74) is 1.24. The first-order chi connectivity index (χ1) is 12.6. The van der Waals surface area contributed by atoms with Gasteiger partial charge in [0.05, 0.1) is 4.92 Å². The molecule has 2 heterocycles. The molecule has 1 saturated heterocycles. The minimum Gasteiger partial charge on any atom is -0.356 e. The van der Waals surface area contributed by atoms with Crippen molar-refractivity contribution in [2.75, 3.05) is 31.3 Å². The number of piperidine rings is 1. The van der Waals surface area contributed by atoms with E-state index in [-0.39, 0.29) is 10.6 Å². The highest BCUT2D eigenvalue weighted by atomic mass is 32.2. The maximum Gasteiger partial charge on any atom is 0.269 e. The van der Waals surface area contributed by atoms with Gasteiger partial charge in [0, 0.05) is 44.0 Å². The summed E-state index contributed by atoms with van der Waals surface area (Å²) >= 11 is 1.56. The van der Waals surface area contributed by atoms with Crippen molar-refractivity contribution in [2.24, 2.45) is 0 Å². The SMILES string of the molecule is CSc1nccc(N2CCC(N(C)Cc3ccc([N+](=O)[O-])cc3)CC2)n1. The largest absolute Gasteiger partial charge is 0.356 e. The van der Waals surface area contributed by atoms with Crippen LogP contribution in [-0.2, 0) is 6.54 Å². The Morgan fingerprint density at radius 1 is 1.27 bits per heavy atom. The van der Waals surface area contributed by atoms with Gasteiger partial charge in [-0.25, -0.2) is 9.97 Å². The maximum absolute atomic E-state index is 10.7. The van der Waals surface area contributed by atoms with Gasteiger partial charge in [0.25, 0.3) is 5.69 Å². The first-order valence-electron chi connectivity index (χ1n) is 8.62. The number of nitrogens with zero attached hydrogens (tertiary/aromatic N) is 5. The Bertz CT molecular complexity index is 748. The van der Waals surface area contributed by atoms with Crippen molar-refractivity contribution in [3.63, 3.8) is 0 Å². The third-order valence-electron chi connectivity index (χ3n) is 4.79. The van der Waals surface area contributed by atoms with Gasteiger partial charge in [-0.1, -0.05) is 23.9 Å². The first-order valence-corrected chi connectivity index (χ1v) is 9.85. The molecule has 3 rings (SSSR count). The Morgan fingerprint density at radius 3 is 2.58 bits per heavy atom. The molecule has 0 spiro atoms. The molecule has 1 aromatic heterocycles. The Balaban J connectivity index is 1.54. The molecule has 0 saturated carbocycles. The summed E-state index contributed by atoms with van der Waals surface area (Å²) in [7, 11) is 2.12. The Kier molecular flexibility index (Phi) is 6.05. The number of thioether (sulfide) groups is 1. The van der Waals surface area contributed by atoms with Gasteiger partial charge in [-0.05, 0) is 37.8 Å². The Labute approximate surface area is 157 Å². The highest BCUT2D eigenvalue weighted by Gasteiger charge is 2.23. The van der Waals surface area contributed by atoms with Gasteiger partial charge >= 0.3 is 0 Å². The van der Waals surface area contributed by atoms with E-state index in [1.54, 1.807) is 23.9 Å². The van der Waals surface area contributed by atoms with Crippen LogP contribution in [0.3, 0.4) is 0 Å². The fourth-order valence-corrected chi connectivity index (χ4v) is 3.63. The van der Waals surface area contributed by atoms with E-state index in [1.807, 2.05) is 30.7 Å². The van der Waals surface area contributed by atoms with E-state index in [0.717, 1.165) is 49.0 Å². The van der Waals surface area contributed by atoms with E-state index < -0.39 is 0 Å². The van der Waals surface area contributed by atoms with Crippen LogP contribution in [0.15, 0.2) is 41.7 Å². The van der Waals surface area contributed by atoms with Gasteiger partial charge in [-0.3, -0.25) is 15.0 Å². The Morgan fingerprint density at radius 2 is 1.96 bits per heavy atom. The van der Waals surface area contributed by atoms with Crippen LogP contribution in [0.5, 0.6) is 0 Å². The quantitative estimate of drug-likeness (QED) is 0.333. The number of hydrogen-bond acceptors (Lipinski definition) is 7. The molecule has 138 valence electrons. The monoisotopic (exact) mass is 373 g/mol. The first kappa shape index (κ1) is 18.6. The lowest BCUT2D eigenvalue weighted by Crippen LogP contribution is -2.43. The molecule has 8 heteroatoms. The highest BCUT2D eigenvalue weighted by Crippen LogP contribution is 2.23. The van der Waals surface area contributed by atoms with Crippen molar-refractivity contribution >= 4 is 23.3 Å². The molecule has 0 bridgehead atoms. The number of hydrogen-bond donors (Lipinski definition) is 0. The van der Waals surface area contributed by atoms with Crippen molar-refractivity contribution < 1.29 is 4.92 Å². The van der Waals surface area contributed by atoms with Crippen LogP contribution >= 0.6 is 11.8 Å². The number of benzene rings is 1. The third kappa shape index (κ3) is 4.50. The molecule has 0 amide bonds. The second-order valence-electron chi connectivity index (χ2n) is 6.46. The summed E-state index contributed by atoms with van der Waals surface area (Å²) in [4.78, 5) is 23.9. The van der Waals surface area contributed by atoms with Crippen LogP contribution in [0.1, 0.15) is 18.4 Å². The molecule has 1 aliphatic rings. The molecule has 0 N–H and O–H groups in total. The second kappa shape index (κ2) is 8.46. The van der Waals surface area contributed by atoms with Crippen molar-refractivity contribution in [2.45, 2.75) is 30.6 Å². The molecule has 0 atom stereocenters. The number of aromatic nitrogens is 2. The number of nitro groups is 1. The highest BCUT2D eigenvalue weighted by molar-refractivity contribution is 7.98. The number of rotatable bonds is 6. The van der Waals surface area contributed by atoms with Gasteiger partial charge in [0.15, 0.2) is 5.16 Å². The zero-order valence-corrected chi connectivity index (χ0v) is 15.9. The van der Waals surface area contributed by atoms with Crippen LogP contribution in [0.2, 0.25) is 0 Å². The standard InChI is InChI=1S/C18H23N5O2S/c1-21(13-14-3-5-16(6-4-14)23(24)25)15-8-11-22(12-9-15)17-7-10-19-18(20-17)26-2/h3-7,10,15H,8-9,11-13H2,1-2H3. The average Bonchev–Trinajstić information content (AvgIpc) is 2.68. The summed E-state index contributed by atoms with van der Waals surface area (Å²) in [5, 5.41) is 11.6. The topological polar surface area (TPSA) is 75.4 Å². The van der Waals surface area contributed by atoms with Gasteiger partial charge in [0.2, 0.25) is 0 Å². The van der Waals surface area contributed by atoms with Crippen LogP contribution in [0.4, 0.5) is 11.5 Å². The summed E-state index contributed by atoms with van der Waals surface area (Å²) in [6.07, 6.45) is 5.95. The Hall–Kier alpha value is -2.19. The summed E-state index contributed by atoms with van der Waals surface area (Å²) in [5.74, 6) is 1.00. The summed E-state index contributed by atoms with van der Waals surface area (Å²) in [6, 6.07) is 9.31. The fourth-order valence-electron chi connectivity index (χ4n) is 3.28. The average molecular weight is 373 g/mol. The molecular formula is C18H23N5O2S. The van der Waals surface area contributed by atoms with Crippen LogP contribution in [0, 0.1) is 10.1 Å².